The number of carbonyl (C=O) groups is 8. The van der Waals surface area contributed by atoms with Crippen LogP contribution in [0.25, 0.3) is 0 Å². The maximum absolute atomic E-state index is 13.8. The number of carbonyl (C=O) groups excluding carboxylic acids is 7. The molecule has 0 radical (unpaired) electrons. The maximum atomic E-state index is 13.8. The lowest BCUT2D eigenvalue weighted by atomic mass is 9.96. The molecule has 0 heterocycles. The Balaban J connectivity index is 6.08. The quantitative estimate of drug-likeness (QED) is 0.0198. The lowest BCUT2D eigenvalue weighted by molar-refractivity contribution is -0.143. The van der Waals surface area contributed by atoms with Crippen molar-refractivity contribution in [3.63, 3.8) is 0 Å². The number of carboxylic acid groups (broad SMARTS) is 1. The summed E-state index contributed by atoms with van der Waals surface area (Å²) < 4.78 is 0. The van der Waals surface area contributed by atoms with Crippen molar-refractivity contribution in [2.24, 2.45) is 23.3 Å². The van der Waals surface area contributed by atoms with Gasteiger partial charge in [0.2, 0.25) is 41.4 Å². The Labute approximate surface area is 342 Å². The Kier molecular flexibility index (Phi) is 25.1. The minimum atomic E-state index is -1.72. The van der Waals surface area contributed by atoms with Crippen molar-refractivity contribution in [1.29, 1.82) is 5.41 Å². The molecule has 0 fully saturated rings. The number of rotatable bonds is 28. The Morgan fingerprint density at radius 2 is 1.15 bits per heavy atom. The number of nitrogens with one attached hydrogen (secondary N) is 9. The molecular formula is C35H65N11O13. The van der Waals surface area contributed by atoms with Gasteiger partial charge in [-0.05, 0) is 38.0 Å². The number of hydrogen-bond donors (Lipinski definition) is 16. The van der Waals surface area contributed by atoms with Gasteiger partial charge in [0, 0.05) is 6.54 Å². The number of hydrogen-bond acceptors (Lipinski definition) is 14. The average molecular weight is 848 g/mol. The summed E-state index contributed by atoms with van der Waals surface area (Å²) in [6.07, 6.45) is -1.71. The van der Waals surface area contributed by atoms with E-state index in [1.54, 1.807) is 34.6 Å². The number of guanidine groups is 1. The largest absolute Gasteiger partial charge is 0.480 e. The van der Waals surface area contributed by atoms with Crippen LogP contribution in [0.15, 0.2) is 0 Å². The fourth-order valence-electron chi connectivity index (χ4n) is 5.24. The molecule has 0 saturated carbocycles. The number of aliphatic hydroxyl groups is 4. The summed E-state index contributed by atoms with van der Waals surface area (Å²) in [7, 11) is 0. The SMILES string of the molecule is CCC[C@H](NC(=O)[C@@H](N)[C@H](O)C(C)C)C(=O)N[C@H](CCCNC(=N)N)C(=O)N[C@H](C(=O)N[C@H](C(=O)NCC(=O)N[C@@H](CO)C(=O)N[C@@H](CO)C(=O)O)[C@H](C)O)C(C)CC. The van der Waals surface area contributed by atoms with Crippen molar-refractivity contribution in [3.05, 3.63) is 0 Å². The summed E-state index contributed by atoms with van der Waals surface area (Å²) in [6, 6.07) is -10.2. The zero-order chi connectivity index (χ0) is 45.6. The van der Waals surface area contributed by atoms with Gasteiger partial charge < -0.3 is 79.5 Å². The van der Waals surface area contributed by atoms with Gasteiger partial charge in [-0.3, -0.25) is 39.0 Å². The van der Waals surface area contributed by atoms with Crippen LogP contribution in [-0.4, -0.2) is 160 Å². The van der Waals surface area contributed by atoms with Gasteiger partial charge in [-0.1, -0.05) is 47.5 Å². The highest BCUT2D eigenvalue weighted by molar-refractivity contribution is 5.97. The molecule has 0 aromatic heterocycles. The predicted molar refractivity (Wildman–Crippen MR) is 210 cm³/mol. The van der Waals surface area contributed by atoms with E-state index in [0.29, 0.717) is 12.8 Å². The molecule has 59 heavy (non-hydrogen) atoms. The molecule has 338 valence electrons. The smallest absolute Gasteiger partial charge is 0.328 e. The molecule has 7 amide bonds. The van der Waals surface area contributed by atoms with Crippen molar-refractivity contribution in [2.45, 2.75) is 128 Å². The summed E-state index contributed by atoms with van der Waals surface area (Å²) >= 11 is 0. The number of carboxylic acids is 1. The minimum Gasteiger partial charge on any atom is -0.480 e. The minimum absolute atomic E-state index is 0.0355. The zero-order valence-corrected chi connectivity index (χ0v) is 34.4. The normalized spacial score (nSPS) is 16.2. The Hall–Kier alpha value is -5.17. The Bertz CT molecular complexity index is 1440. The zero-order valence-electron chi connectivity index (χ0n) is 34.4. The van der Waals surface area contributed by atoms with E-state index in [-0.39, 0.29) is 37.7 Å². The van der Waals surface area contributed by atoms with Gasteiger partial charge in [-0.2, -0.15) is 0 Å². The van der Waals surface area contributed by atoms with Gasteiger partial charge in [0.05, 0.1) is 32.0 Å². The number of aliphatic carboxylic acids is 1. The van der Waals surface area contributed by atoms with Crippen molar-refractivity contribution in [1.82, 2.24) is 42.5 Å². The molecular weight excluding hydrogens is 782 g/mol. The molecule has 1 unspecified atom stereocenters. The van der Waals surface area contributed by atoms with E-state index in [1.165, 1.54) is 0 Å². The third kappa shape index (κ3) is 19.4. The van der Waals surface area contributed by atoms with Crippen molar-refractivity contribution >= 4 is 53.3 Å². The topological polar surface area (TPSA) is 410 Å². The van der Waals surface area contributed by atoms with Gasteiger partial charge >= 0.3 is 5.97 Å². The van der Waals surface area contributed by atoms with Gasteiger partial charge in [0.25, 0.3) is 0 Å². The molecule has 0 aliphatic heterocycles. The highest BCUT2D eigenvalue weighted by Gasteiger charge is 2.36. The molecule has 0 rings (SSSR count). The maximum Gasteiger partial charge on any atom is 0.328 e. The first-order valence-electron chi connectivity index (χ1n) is 19.3. The second kappa shape index (κ2) is 27.5. The van der Waals surface area contributed by atoms with Crippen LogP contribution in [0, 0.1) is 17.2 Å². The Morgan fingerprint density at radius 3 is 1.64 bits per heavy atom. The fraction of sp³-hybridized carbons (Fsp3) is 0.743. The second-order valence-electron chi connectivity index (χ2n) is 14.4. The lowest BCUT2D eigenvalue weighted by Crippen LogP contribution is -2.62. The first-order valence-corrected chi connectivity index (χ1v) is 19.3. The number of aliphatic hydroxyl groups excluding tert-OH is 4. The van der Waals surface area contributed by atoms with Gasteiger partial charge in [-0.25, -0.2) is 4.79 Å². The second-order valence-corrected chi connectivity index (χ2v) is 14.4. The van der Waals surface area contributed by atoms with Crippen LogP contribution >= 0.6 is 0 Å². The van der Waals surface area contributed by atoms with Gasteiger partial charge in [-0.15, -0.1) is 0 Å². The van der Waals surface area contributed by atoms with Crippen LogP contribution in [-0.2, 0) is 38.4 Å². The number of nitrogens with two attached hydrogens (primary N) is 2. The highest BCUT2D eigenvalue weighted by atomic mass is 16.4. The summed E-state index contributed by atoms with van der Waals surface area (Å²) in [5, 5.41) is 74.5. The van der Waals surface area contributed by atoms with Crippen LogP contribution in [0.5, 0.6) is 0 Å². The van der Waals surface area contributed by atoms with E-state index in [0.717, 1.165) is 6.92 Å². The third-order valence-corrected chi connectivity index (χ3v) is 9.09. The molecule has 0 aromatic carbocycles. The molecule has 18 N–H and O–H groups in total. The summed E-state index contributed by atoms with van der Waals surface area (Å²) in [5.41, 5.74) is 11.3. The summed E-state index contributed by atoms with van der Waals surface area (Å²) in [4.78, 5) is 103. The van der Waals surface area contributed by atoms with Crippen LogP contribution in [0.2, 0.25) is 0 Å². The van der Waals surface area contributed by atoms with Crippen molar-refractivity contribution < 1.29 is 63.9 Å². The van der Waals surface area contributed by atoms with E-state index in [2.05, 4.69) is 37.2 Å². The summed E-state index contributed by atoms with van der Waals surface area (Å²) in [5.74, 6) is -9.42. The molecule has 0 aliphatic carbocycles. The third-order valence-electron chi connectivity index (χ3n) is 9.09. The van der Waals surface area contributed by atoms with E-state index in [4.69, 9.17) is 27.1 Å². The van der Waals surface area contributed by atoms with Crippen LogP contribution in [0.3, 0.4) is 0 Å². The number of amides is 7. The van der Waals surface area contributed by atoms with Gasteiger partial charge in [0.15, 0.2) is 5.96 Å². The van der Waals surface area contributed by atoms with Crippen LogP contribution < -0.4 is 54.0 Å². The average Bonchev–Trinajstić information content (AvgIpc) is 3.18. The highest BCUT2D eigenvalue weighted by Crippen LogP contribution is 2.12. The fourth-order valence-corrected chi connectivity index (χ4v) is 5.24. The van der Waals surface area contributed by atoms with Gasteiger partial charge in [0.1, 0.15) is 42.3 Å². The molecule has 24 heteroatoms. The molecule has 24 nitrogen and oxygen atoms in total. The Morgan fingerprint density at radius 1 is 0.644 bits per heavy atom. The van der Waals surface area contributed by atoms with E-state index >= 15 is 0 Å². The summed E-state index contributed by atoms with van der Waals surface area (Å²) in [6.45, 7) is 6.92. The molecule has 0 saturated heterocycles. The first kappa shape index (κ1) is 53.8. The molecule has 0 aliphatic rings. The van der Waals surface area contributed by atoms with E-state index in [9.17, 15) is 53.7 Å². The lowest BCUT2D eigenvalue weighted by Gasteiger charge is -2.30. The van der Waals surface area contributed by atoms with Crippen molar-refractivity contribution in [3.8, 4) is 0 Å². The van der Waals surface area contributed by atoms with E-state index in [1.807, 2.05) is 5.32 Å². The standard InChI is InChI=1S/C35H65N11O13/c1-7-10-19(43-31(55)24(36)27(51)16(3)4)28(52)42-20(11-9-12-39-35(37)38)29(53)45-25(17(5)8-2)33(57)46-26(18(6)49)32(56)40-13-23(50)41-21(14-47)30(54)44-22(15-48)34(58)59/h16-22,24-27,47-49,51H,7-15,36H2,1-6H3,(H,40,56)(H,41,50)(H,42,52)(H,43,55)(H,44,54)(H,45,53)(H,46,57)(H,58,59)(H4,37,38,39)/t17?,18-,19-,20+,21-,22-,24-,25-,26-,27+/m0/s1. The molecule has 0 bridgehead atoms. The molecule has 10 atom stereocenters. The molecule has 0 aromatic rings. The van der Waals surface area contributed by atoms with Crippen LogP contribution in [0.4, 0.5) is 0 Å². The molecule has 0 spiro atoms. The van der Waals surface area contributed by atoms with Crippen molar-refractivity contribution in [2.75, 3.05) is 26.3 Å². The monoisotopic (exact) mass is 847 g/mol. The predicted octanol–water partition coefficient (Wildman–Crippen LogP) is -6.08. The van der Waals surface area contributed by atoms with E-state index < -0.39 is 127 Å². The first-order chi connectivity index (χ1) is 27.6. The van der Waals surface area contributed by atoms with Crippen LogP contribution in [0.1, 0.15) is 73.6 Å².